The van der Waals surface area contributed by atoms with Gasteiger partial charge in [-0.25, -0.2) is 0 Å². The van der Waals surface area contributed by atoms with E-state index in [0.29, 0.717) is 5.69 Å². The molecule has 0 aliphatic carbocycles. The maximum atomic E-state index is 12.9. The Morgan fingerprint density at radius 2 is 1.86 bits per heavy atom. The van der Waals surface area contributed by atoms with Gasteiger partial charge in [0.2, 0.25) is 5.91 Å². The highest BCUT2D eigenvalue weighted by Gasteiger charge is 2.13. The highest BCUT2D eigenvalue weighted by Crippen LogP contribution is 2.17. The van der Waals surface area contributed by atoms with Crippen molar-refractivity contribution in [3.8, 4) is 0 Å². The average molecular weight is 308 g/mol. The molecule has 110 valence electrons. The molecular weight excluding hydrogens is 295 g/mol. The van der Waals surface area contributed by atoms with Gasteiger partial charge in [-0.2, -0.15) is 8.42 Å². The molecule has 0 saturated carbocycles. The maximum absolute atomic E-state index is 12.9. The van der Waals surface area contributed by atoms with Crippen molar-refractivity contribution < 1.29 is 17.1 Å². The third-order valence-electron chi connectivity index (χ3n) is 2.72. The molecule has 0 heterocycles. The molecule has 3 N–H and O–H groups in total. The summed E-state index contributed by atoms with van der Waals surface area (Å²) >= 11 is 0. The van der Waals surface area contributed by atoms with Crippen LogP contribution in [0.3, 0.4) is 0 Å². The second-order valence-electron chi connectivity index (χ2n) is 4.44. The number of anilines is 2. The lowest BCUT2D eigenvalue weighted by Crippen LogP contribution is -2.14. The number of rotatable bonds is 4. The van der Waals surface area contributed by atoms with E-state index < -0.39 is 15.1 Å². The molecule has 0 unspecified atom stereocenters. The number of nitrogens with two attached hydrogens (primary N) is 1. The molecule has 0 saturated heterocycles. The highest BCUT2D eigenvalue weighted by atomic mass is 32.3. The van der Waals surface area contributed by atoms with Crippen molar-refractivity contribution in [2.45, 2.75) is 11.3 Å². The van der Waals surface area contributed by atoms with E-state index >= 15 is 0 Å². The molecule has 5 nitrogen and oxygen atoms in total. The Morgan fingerprint density at radius 1 is 1.14 bits per heavy atom. The monoisotopic (exact) mass is 308 g/mol. The van der Waals surface area contributed by atoms with Crippen LogP contribution < -0.4 is 11.1 Å². The molecule has 0 atom stereocenters. The summed E-state index contributed by atoms with van der Waals surface area (Å²) in [6, 6.07) is 11.9. The van der Waals surface area contributed by atoms with Crippen LogP contribution in [0.2, 0.25) is 0 Å². The van der Waals surface area contributed by atoms with Crippen LogP contribution in [-0.4, -0.2) is 14.3 Å². The van der Waals surface area contributed by atoms with Crippen molar-refractivity contribution in [2.24, 2.45) is 0 Å². The van der Waals surface area contributed by atoms with E-state index in [1.165, 1.54) is 12.1 Å². The number of hydrogen-bond donors (Lipinski definition) is 2. The minimum absolute atomic E-state index is 0.0810. The van der Waals surface area contributed by atoms with Crippen molar-refractivity contribution in [3.63, 3.8) is 0 Å². The van der Waals surface area contributed by atoms with Gasteiger partial charge in [-0.15, -0.1) is 3.89 Å². The molecule has 0 fully saturated rings. The zero-order valence-electron chi connectivity index (χ0n) is 10.9. The van der Waals surface area contributed by atoms with E-state index in [9.17, 15) is 17.1 Å². The van der Waals surface area contributed by atoms with E-state index in [1.54, 1.807) is 24.3 Å². The van der Waals surface area contributed by atoms with Crippen LogP contribution >= 0.6 is 0 Å². The summed E-state index contributed by atoms with van der Waals surface area (Å²) in [6.07, 6.45) is 0.0810. The molecule has 0 aliphatic heterocycles. The third kappa shape index (κ3) is 4.28. The quantitative estimate of drug-likeness (QED) is 0.668. The molecule has 0 aromatic heterocycles. The largest absolute Gasteiger partial charge is 0.399 e. The van der Waals surface area contributed by atoms with Gasteiger partial charge in [0.25, 0.3) is 0 Å². The van der Waals surface area contributed by atoms with Crippen LogP contribution in [0.1, 0.15) is 5.56 Å². The van der Waals surface area contributed by atoms with Crippen molar-refractivity contribution in [1.82, 2.24) is 0 Å². The van der Waals surface area contributed by atoms with E-state index in [0.717, 1.165) is 17.7 Å². The van der Waals surface area contributed by atoms with Crippen LogP contribution in [0, 0.1) is 0 Å². The van der Waals surface area contributed by atoms with Gasteiger partial charge in [0, 0.05) is 11.4 Å². The highest BCUT2D eigenvalue weighted by molar-refractivity contribution is 7.86. The van der Waals surface area contributed by atoms with Crippen molar-refractivity contribution in [2.75, 3.05) is 11.1 Å². The first-order valence-corrected chi connectivity index (χ1v) is 7.42. The average Bonchev–Trinajstić information content (AvgIpc) is 2.37. The lowest BCUT2D eigenvalue weighted by molar-refractivity contribution is -0.115. The fourth-order valence-electron chi connectivity index (χ4n) is 1.82. The zero-order chi connectivity index (χ0) is 15.5. The summed E-state index contributed by atoms with van der Waals surface area (Å²) in [5.74, 6) is -0.353. The van der Waals surface area contributed by atoms with Crippen LogP contribution in [-0.2, 0) is 21.4 Å². The molecular formula is C14H13FN2O3S. The zero-order valence-corrected chi connectivity index (χ0v) is 11.7. The lowest BCUT2D eigenvalue weighted by Gasteiger charge is -2.06. The number of halogens is 1. The second kappa shape index (κ2) is 5.92. The van der Waals surface area contributed by atoms with Gasteiger partial charge in [0.1, 0.15) is 4.90 Å². The first-order valence-electron chi connectivity index (χ1n) is 6.03. The maximum Gasteiger partial charge on any atom is 0.332 e. The van der Waals surface area contributed by atoms with Gasteiger partial charge in [-0.05, 0) is 35.9 Å². The summed E-state index contributed by atoms with van der Waals surface area (Å²) in [6.45, 7) is 0. The minimum Gasteiger partial charge on any atom is -0.399 e. The third-order valence-corrected chi connectivity index (χ3v) is 3.53. The van der Waals surface area contributed by atoms with E-state index in [2.05, 4.69) is 5.32 Å². The van der Waals surface area contributed by atoms with Crippen LogP contribution in [0.25, 0.3) is 0 Å². The molecule has 0 radical (unpaired) electrons. The first-order chi connectivity index (χ1) is 9.84. The predicted octanol–water partition coefficient (Wildman–Crippen LogP) is 2.11. The summed E-state index contributed by atoms with van der Waals surface area (Å²) in [5.41, 5.74) is 7.10. The Morgan fingerprint density at radius 3 is 2.52 bits per heavy atom. The standard InChI is InChI=1S/C14H13FN2O3S/c15-21(19,20)13-6-2-5-12(9-13)17-14(18)8-10-3-1-4-11(16)7-10/h1-7,9H,8,16H2,(H,17,18). The molecule has 2 aromatic rings. The molecule has 2 aromatic carbocycles. The molecule has 21 heavy (non-hydrogen) atoms. The lowest BCUT2D eigenvalue weighted by atomic mass is 10.1. The van der Waals surface area contributed by atoms with E-state index in [-0.39, 0.29) is 18.0 Å². The predicted molar refractivity (Wildman–Crippen MR) is 77.9 cm³/mol. The second-order valence-corrected chi connectivity index (χ2v) is 5.78. The normalized spacial score (nSPS) is 11.1. The Bertz CT molecular complexity index is 775. The SMILES string of the molecule is Nc1cccc(CC(=O)Nc2cccc(S(=O)(=O)F)c2)c1. The minimum atomic E-state index is -4.79. The molecule has 0 bridgehead atoms. The number of hydrogen-bond acceptors (Lipinski definition) is 4. The van der Waals surface area contributed by atoms with Crippen molar-refractivity contribution >= 4 is 27.5 Å². The Kier molecular flexibility index (Phi) is 4.23. The molecule has 2 rings (SSSR count). The van der Waals surface area contributed by atoms with Gasteiger partial charge in [-0.1, -0.05) is 18.2 Å². The van der Waals surface area contributed by atoms with Crippen molar-refractivity contribution in [3.05, 3.63) is 54.1 Å². The summed E-state index contributed by atoms with van der Waals surface area (Å²) < 4.78 is 34.5. The van der Waals surface area contributed by atoms with E-state index in [4.69, 9.17) is 5.73 Å². The summed E-state index contributed by atoms with van der Waals surface area (Å²) in [5, 5.41) is 2.51. The Balaban J connectivity index is 2.10. The first kappa shape index (κ1) is 15.0. The summed E-state index contributed by atoms with van der Waals surface area (Å²) in [4.78, 5) is 11.4. The van der Waals surface area contributed by atoms with E-state index in [1.807, 2.05) is 0 Å². The van der Waals surface area contributed by atoms with Crippen LogP contribution in [0.15, 0.2) is 53.4 Å². The van der Waals surface area contributed by atoms with Gasteiger partial charge in [0.15, 0.2) is 0 Å². The van der Waals surface area contributed by atoms with Gasteiger partial charge in [-0.3, -0.25) is 4.79 Å². The smallest absolute Gasteiger partial charge is 0.332 e. The number of benzene rings is 2. The van der Waals surface area contributed by atoms with Crippen molar-refractivity contribution in [1.29, 1.82) is 0 Å². The molecule has 0 spiro atoms. The topological polar surface area (TPSA) is 89.3 Å². The van der Waals surface area contributed by atoms with Gasteiger partial charge < -0.3 is 11.1 Å². The van der Waals surface area contributed by atoms with Crippen LogP contribution in [0.4, 0.5) is 15.3 Å². The van der Waals surface area contributed by atoms with Gasteiger partial charge >= 0.3 is 10.2 Å². The number of nitrogen functional groups attached to an aromatic ring is 1. The molecule has 0 aliphatic rings. The molecule has 1 amide bonds. The Hall–Kier alpha value is -2.41. The number of amides is 1. The Labute approximate surface area is 121 Å². The summed E-state index contributed by atoms with van der Waals surface area (Å²) in [7, 11) is -4.79. The number of carbonyl (C=O) groups is 1. The number of nitrogens with one attached hydrogen (secondary N) is 1. The fourth-order valence-corrected chi connectivity index (χ4v) is 2.33. The number of carbonyl (C=O) groups excluding carboxylic acids is 1. The van der Waals surface area contributed by atoms with Crippen LogP contribution in [0.5, 0.6) is 0 Å². The molecule has 7 heteroatoms. The van der Waals surface area contributed by atoms with Gasteiger partial charge in [0.05, 0.1) is 6.42 Å². The fraction of sp³-hybridized carbons (Fsp3) is 0.0714.